The molecule has 0 unspecified atom stereocenters. The molecular weight excluding hydrogens is 271 g/mol. The van der Waals surface area contributed by atoms with E-state index in [1.54, 1.807) is 5.82 Å². The number of hydrogen-bond acceptors (Lipinski definition) is 3. The summed E-state index contributed by atoms with van der Waals surface area (Å²) in [6.07, 6.45) is 6.35. The van der Waals surface area contributed by atoms with Crippen molar-refractivity contribution in [2.45, 2.75) is 54.4 Å². The third-order valence-corrected chi connectivity index (χ3v) is 5.03. The lowest BCUT2D eigenvalue weighted by atomic mass is 9.67. The number of rotatable bonds is 6. The van der Waals surface area contributed by atoms with Crippen molar-refractivity contribution in [2.24, 2.45) is 10.8 Å². The lowest BCUT2D eigenvalue weighted by Crippen LogP contribution is -2.26. The van der Waals surface area contributed by atoms with E-state index in [1.165, 1.54) is 5.57 Å². The monoisotopic (exact) mass is 300 g/mol. The molecule has 1 rings (SSSR count). The van der Waals surface area contributed by atoms with Gasteiger partial charge in [0.1, 0.15) is 0 Å². The second-order valence-corrected chi connectivity index (χ2v) is 8.81. The average molecular weight is 300 g/mol. The van der Waals surface area contributed by atoms with Crippen LogP contribution in [0.25, 0.3) is 0 Å². The van der Waals surface area contributed by atoms with Gasteiger partial charge >= 0.3 is 7.60 Å². The third-order valence-electron chi connectivity index (χ3n) is 3.28. The first-order chi connectivity index (χ1) is 9.11. The Balaban J connectivity index is 2.92. The summed E-state index contributed by atoms with van der Waals surface area (Å²) >= 11 is 0. The maximum absolute atomic E-state index is 12.4. The number of hydrogen-bond donors (Lipinski definition) is 0. The Morgan fingerprint density at radius 1 is 1.20 bits per heavy atom. The van der Waals surface area contributed by atoms with Crippen LogP contribution in [0.1, 0.15) is 54.4 Å². The van der Waals surface area contributed by atoms with Gasteiger partial charge in [-0.3, -0.25) is 4.57 Å². The second kappa shape index (κ2) is 6.60. The fraction of sp³-hybridized carbons (Fsp3) is 0.750. The zero-order valence-electron chi connectivity index (χ0n) is 13.7. The molecule has 3 nitrogen and oxygen atoms in total. The SMILES string of the molecule is CCOP(=O)(/C=C/C1=CC(C)(C)CC(C)(C)C1)OCC. The van der Waals surface area contributed by atoms with Crippen LogP contribution >= 0.6 is 7.60 Å². The van der Waals surface area contributed by atoms with Gasteiger partial charge in [-0.25, -0.2) is 0 Å². The molecule has 0 radical (unpaired) electrons. The van der Waals surface area contributed by atoms with Crippen molar-refractivity contribution in [3.05, 3.63) is 23.5 Å². The molecule has 0 bridgehead atoms. The second-order valence-electron chi connectivity index (χ2n) is 6.92. The Bertz CT molecular complexity index is 423. The molecule has 116 valence electrons. The highest BCUT2D eigenvalue weighted by atomic mass is 31.2. The van der Waals surface area contributed by atoms with Crippen LogP contribution < -0.4 is 0 Å². The molecule has 1 aliphatic rings. The molecule has 0 heterocycles. The van der Waals surface area contributed by atoms with Crippen molar-refractivity contribution in [1.82, 2.24) is 0 Å². The first-order valence-corrected chi connectivity index (χ1v) is 9.02. The van der Waals surface area contributed by atoms with E-state index in [0.717, 1.165) is 12.8 Å². The molecule has 0 aliphatic heterocycles. The Labute approximate surface area is 124 Å². The molecule has 0 aromatic rings. The smallest absolute Gasteiger partial charge is 0.306 e. The summed E-state index contributed by atoms with van der Waals surface area (Å²) in [6.45, 7) is 13.5. The molecule has 0 saturated carbocycles. The fourth-order valence-corrected chi connectivity index (χ4v) is 4.57. The lowest BCUT2D eigenvalue weighted by Gasteiger charge is -2.38. The van der Waals surface area contributed by atoms with Gasteiger partial charge in [0, 0.05) is 5.82 Å². The molecule has 0 spiro atoms. The predicted octanol–water partition coefficient (Wildman–Crippen LogP) is 5.54. The van der Waals surface area contributed by atoms with Crippen LogP contribution in [0.15, 0.2) is 23.5 Å². The van der Waals surface area contributed by atoms with Gasteiger partial charge in [0.05, 0.1) is 13.2 Å². The van der Waals surface area contributed by atoms with E-state index in [2.05, 4.69) is 33.8 Å². The van der Waals surface area contributed by atoms with E-state index in [9.17, 15) is 4.57 Å². The normalized spacial score (nSPS) is 22.0. The standard InChI is InChI=1S/C16H29O3P/c1-7-18-20(17,19-8-2)10-9-14-11-15(3,4)13-16(5,6)12-14/h9-11H,7-8,12-13H2,1-6H3/b10-9+. The summed E-state index contributed by atoms with van der Waals surface area (Å²) in [4.78, 5) is 0. The highest BCUT2D eigenvalue weighted by Crippen LogP contribution is 2.51. The van der Waals surface area contributed by atoms with E-state index in [-0.39, 0.29) is 10.8 Å². The minimum absolute atomic E-state index is 0.169. The highest BCUT2D eigenvalue weighted by Gasteiger charge is 2.32. The first-order valence-electron chi connectivity index (χ1n) is 7.41. The van der Waals surface area contributed by atoms with Crippen LogP contribution in [0.2, 0.25) is 0 Å². The van der Waals surface area contributed by atoms with E-state index >= 15 is 0 Å². The van der Waals surface area contributed by atoms with E-state index in [1.807, 2.05) is 19.9 Å². The van der Waals surface area contributed by atoms with Crippen molar-refractivity contribution < 1.29 is 13.6 Å². The molecule has 1 aliphatic carbocycles. The summed E-state index contributed by atoms with van der Waals surface area (Å²) in [7, 11) is -3.09. The summed E-state index contributed by atoms with van der Waals surface area (Å²) in [5.41, 5.74) is 1.65. The lowest BCUT2D eigenvalue weighted by molar-refractivity contribution is 0.217. The third kappa shape index (κ3) is 5.55. The molecular formula is C16H29O3P. The van der Waals surface area contributed by atoms with Crippen LogP contribution in [0.5, 0.6) is 0 Å². The summed E-state index contributed by atoms with van der Waals surface area (Å²) in [5, 5.41) is 0. The van der Waals surface area contributed by atoms with E-state index in [0.29, 0.717) is 13.2 Å². The summed E-state index contributed by atoms with van der Waals surface area (Å²) in [5.74, 6) is 1.61. The minimum Gasteiger partial charge on any atom is -0.306 e. The van der Waals surface area contributed by atoms with E-state index < -0.39 is 7.60 Å². The zero-order valence-corrected chi connectivity index (χ0v) is 14.6. The quantitative estimate of drug-likeness (QED) is 0.604. The predicted molar refractivity (Wildman–Crippen MR) is 84.9 cm³/mol. The van der Waals surface area contributed by atoms with Gasteiger partial charge in [0.15, 0.2) is 0 Å². The molecule has 0 aromatic carbocycles. The molecule has 20 heavy (non-hydrogen) atoms. The van der Waals surface area contributed by atoms with Crippen LogP contribution in [0.3, 0.4) is 0 Å². The van der Waals surface area contributed by atoms with Crippen LogP contribution in [0, 0.1) is 10.8 Å². The van der Waals surface area contributed by atoms with Gasteiger partial charge in [0.25, 0.3) is 0 Å². The molecule has 0 saturated heterocycles. The molecule has 0 amide bonds. The minimum atomic E-state index is -3.09. The topological polar surface area (TPSA) is 35.5 Å². The molecule has 0 fully saturated rings. The molecule has 4 heteroatoms. The molecule has 0 aromatic heterocycles. The Kier molecular flexibility index (Phi) is 5.83. The van der Waals surface area contributed by atoms with Crippen molar-refractivity contribution in [2.75, 3.05) is 13.2 Å². The maximum Gasteiger partial charge on any atom is 0.354 e. The fourth-order valence-electron chi connectivity index (χ4n) is 3.23. The number of allylic oxidation sites excluding steroid dienone is 3. The van der Waals surface area contributed by atoms with Gasteiger partial charge in [-0.2, -0.15) is 0 Å². The Hall–Kier alpha value is -0.370. The first kappa shape index (κ1) is 17.7. The zero-order chi connectivity index (χ0) is 15.4. The molecule has 0 N–H and O–H groups in total. The summed E-state index contributed by atoms with van der Waals surface area (Å²) < 4.78 is 23.0. The van der Waals surface area contributed by atoms with Crippen LogP contribution in [-0.2, 0) is 13.6 Å². The Morgan fingerprint density at radius 2 is 1.75 bits per heavy atom. The maximum atomic E-state index is 12.4. The van der Waals surface area contributed by atoms with Gasteiger partial charge in [-0.1, -0.05) is 45.4 Å². The van der Waals surface area contributed by atoms with Crippen LogP contribution in [-0.4, -0.2) is 13.2 Å². The highest BCUT2D eigenvalue weighted by molar-refractivity contribution is 7.57. The summed E-state index contributed by atoms with van der Waals surface area (Å²) in [6, 6.07) is 0. The largest absolute Gasteiger partial charge is 0.354 e. The molecule has 0 atom stereocenters. The van der Waals surface area contributed by atoms with Gasteiger partial charge in [-0.05, 0) is 37.5 Å². The van der Waals surface area contributed by atoms with E-state index in [4.69, 9.17) is 9.05 Å². The average Bonchev–Trinajstić information content (AvgIpc) is 2.23. The van der Waals surface area contributed by atoms with Crippen molar-refractivity contribution in [3.8, 4) is 0 Å². The van der Waals surface area contributed by atoms with Crippen molar-refractivity contribution in [3.63, 3.8) is 0 Å². The van der Waals surface area contributed by atoms with Crippen molar-refractivity contribution in [1.29, 1.82) is 0 Å². The van der Waals surface area contributed by atoms with Gasteiger partial charge in [0.2, 0.25) is 0 Å². The Morgan fingerprint density at radius 3 is 2.20 bits per heavy atom. The van der Waals surface area contributed by atoms with Crippen molar-refractivity contribution >= 4 is 7.60 Å². The van der Waals surface area contributed by atoms with Gasteiger partial charge < -0.3 is 9.05 Å². The van der Waals surface area contributed by atoms with Crippen LogP contribution in [0.4, 0.5) is 0 Å². The van der Waals surface area contributed by atoms with Gasteiger partial charge in [-0.15, -0.1) is 0 Å².